The van der Waals surface area contributed by atoms with Crippen LogP contribution in [-0.2, 0) is 4.79 Å². The molecule has 0 bridgehead atoms. The molecule has 0 unspecified atom stereocenters. The van der Waals surface area contributed by atoms with Crippen LogP contribution in [-0.4, -0.2) is 23.3 Å². The summed E-state index contributed by atoms with van der Waals surface area (Å²) in [4.78, 5) is 28.6. The standard InChI is InChI=1S/C22H19Cl2N3O3/c1-14-6-2-3-7-16(14)21(29)25-11-10-20(28)27-18-8-4-5-9-19(18)30-22-17(24)12-15(23)13-26-22/h2-9,12-13H,10-11H2,1H3,(H,25,29)(H,27,28). The molecule has 0 spiro atoms. The summed E-state index contributed by atoms with van der Waals surface area (Å²) >= 11 is 11.9. The van der Waals surface area contributed by atoms with Gasteiger partial charge < -0.3 is 15.4 Å². The molecule has 0 atom stereocenters. The summed E-state index contributed by atoms with van der Waals surface area (Å²) < 4.78 is 5.72. The van der Waals surface area contributed by atoms with E-state index >= 15 is 0 Å². The molecule has 0 saturated carbocycles. The SMILES string of the molecule is Cc1ccccc1C(=O)NCCC(=O)Nc1ccccc1Oc1ncc(Cl)cc1Cl. The van der Waals surface area contributed by atoms with Crippen molar-refractivity contribution in [3.8, 4) is 11.6 Å². The second-order valence-electron chi connectivity index (χ2n) is 6.41. The van der Waals surface area contributed by atoms with Gasteiger partial charge in [0.1, 0.15) is 5.02 Å². The van der Waals surface area contributed by atoms with Crippen molar-refractivity contribution >= 4 is 40.7 Å². The number of benzene rings is 2. The minimum atomic E-state index is -0.272. The van der Waals surface area contributed by atoms with Gasteiger partial charge in [0.25, 0.3) is 5.91 Å². The number of para-hydroxylation sites is 2. The molecule has 3 aromatic rings. The van der Waals surface area contributed by atoms with E-state index in [-0.39, 0.29) is 35.7 Å². The Morgan fingerprint density at radius 2 is 1.80 bits per heavy atom. The first-order valence-electron chi connectivity index (χ1n) is 9.15. The quantitative estimate of drug-likeness (QED) is 0.522. The van der Waals surface area contributed by atoms with Crippen molar-refractivity contribution in [3.05, 3.63) is 82.0 Å². The second-order valence-corrected chi connectivity index (χ2v) is 7.25. The minimum absolute atomic E-state index is 0.103. The molecule has 0 radical (unpaired) electrons. The Labute approximate surface area is 184 Å². The molecular weight excluding hydrogens is 425 g/mol. The number of nitrogens with one attached hydrogen (secondary N) is 2. The van der Waals surface area contributed by atoms with Crippen LogP contribution in [0.4, 0.5) is 5.69 Å². The van der Waals surface area contributed by atoms with Crippen LogP contribution >= 0.6 is 23.2 Å². The minimum Gasteiger partial charge on any atom is -0.435 e. The molecule has 1 heterocycles. The van der Waals surface area contributed by atoms with E-state index in [0.29, 0.717) is 22.0 Å². The van der Waals surface area contributed by atoms with Crippen LogP contribution in [0.5, 0.6) is 11.6 Å². The average molecular weight is 444 g/mol. The van der Waals surface area contributed by atoms with Crippen molar-refractivity contribution in [2.24, 2.45) is 0 Å². The van der Waals surface area contributed by atoms with Crippen LogP contribution in [0.15, 0.2) is 60.8 Å². The Kier molecular flexibility index (Phi) is 7.27. The van der Waals surface area contributed by atoms with Crippen LogP contribution in [0, 0.1) is 6.92 Å². The number of pyridine rings is 1. The van der Waals surface area contributed by atoms with E-state index in [9.17, 15) is 9.59 Å². The number of rotatable bonds is 7. The van der Waals surface area contributed by atoms with Gasteiger partial charge in [-0.1, -0.05) is 53.5 Å². The van der Waals surface area contributed by atoms with E-state index in [1.165, 1.54) is 12.3 Å². The highest BCUT2D eigenvalue weighted by Gasteiger charge is 2.13. The summed E-state index contributed by atoms with van der Waals surface area (Å²) in [5.41, 5.74) is 1.92. The number of carbonyl (C=O) groups excluding carboxylic acids is 2. The fourth-order valence-electron chi connectivity index (χ4n) is 2.67. The number of ether oxygens (including phenoxy) is 1. The van der Waals surface area contributed by atoms with Gasteiger partial charge in [0.15, 0.2) is 5.75 Å². The van der Waals surface area contributed by atoms with Gasteiger partial charge in [-0.25, -0.2) is 4.98 Å². The number of aryl methyl sites for hydroxylation is 1. The summed E-state index contributed by atoms with van der Waals surface area (Å²) in [6.07, 6.45) is 1.52. The first-order chi connectivity index (χ1) is 14.4. The summed E-state index contributed by atoms with van der Waals surface area (Å²) in [6.45, 7) is 2.06. The topological polar surface area (TPSA) is 80.3 Å². The van der Waals surface area contributed by atoms with Gasteiger partial charge in [0.05, 0.1) is 10.7 Å². The Bertz CT molecular complexity index is 1070. The predicted octanol–water partition coefficient (Wildman–Crippen LogP) is 5.25. The molecule has 6 nitrogen and oxygen atoms in total. The van der Waals surface area contributed by atoms with Gasteiger partial charge >= 0.3 is 0 Å². The molecule has 0 fully saturated rings. The van der Waals surface area contributed by atoms with Crippen LogP contribution < -0.4 is 15.4 Å². The molecule has 154 valence electrons. The molecule has 0 aliphatic heterocycles. The second kappa shape index (κ2) is 10.1. The highest BCUT2D eigenvalue weighted by molar-refractivity contribution is 6.35. The molecule has 2 aromatic carbocycles. The number of nitrogens with zero attached hydrogens (tertiary/aromatic N) is 1. The van der Waals surface area contributed by atoms with Crippen LogP contribution in [0.25, 0.3) is 0 Å². The third-order valence-electron chi connectivity index (χ3n) is 4.17. The van der Waals surface area contributed by atoms with Crippen molar-refractivity contribution in [2.45, 2.75) is 13.3 Å². The Morgan fingerprint density at radius 3 is 2.57 bits per heavy atom. The Balaban J connectivity index is 1.58. The predicted molar refractivity (Wildman–Crippen MR) is 118 cm³/mol. The lowest BCUT2D eigenvalue weighted by atomic mass is 10.1. The van der Waals surface area contributed by atoms with E-state index in [2.05, 4.69) is 15.6 Å². The maximum Gasteiger partial charge on any atom is 0.251 e. The smallest absolute Gasteiger partial charge is 0.251 e. The maximum atomic E-state index is 12.3. The summed E-state index contributed by atoms with van der Waals surface area (Å²) in [7, 11) is 0. The molecule has 2 N–H and O–H groups in total. The molecule has 2 amide bonds. The average Bonchev–Trinajstić information content (AvgIpc) is 2.71. The zero-order valence-corrected chi connectivity index (χ0v) is 17.6. The fourth-order valence-corrected chi connectivity index (χ4v) is 3.08. The number of halogens is 2. The third kappa shape index (κ3) is 5.72. The highest BCUT2D eigenvalue weighted by atomic mass is 35.5. The normalized spacial score (nSPS) is 10.4. The summed E-state index contributed by atoms with van der Waals surface area (Å²) in [6, 6.07) is 15.7. The van der Waals surface area contributed by atoms with Crippen molar-refractivity contribution in [1.82, 2.24) is 10.3 Å². The van der Waals surface area contributed by atoms with Crippen LogP contribution in [0.1, 0.15) is 22.3 Å². The molecule has 0 aliphatic carbocycles. The number of aromatic nitrogens is 1. The zero-order valence-electron chi connectivity index (χ0n) is 16.1. The number of hydrogen-bond donors (Lipinski definition) is 2. The lowest BCUT2D eigenvalue weighted by Crippen LogP contribution is -2.28. The van der Waals surface area contributed by atoms with Gasteiger partial charge in [-0.2, -0.15) is 0 Å². The monoisotopic (exact) mass is 443 g/mol. The summed E-state index contributed by atoms with van der Waals surface area (Å²) in [5, 5.41) is 6.17. The Morgan fingerprint density at radius 1 is 1.07 bits per heavy atom. The van der Waals surface area contributed by atoms with E-state index in [1.54, 1.807) is 36.4 Å². The number of carbonyl (C=O) groups is 2. The lowest BCUT2D eigenvalue weighted by molar-refractivity contribution is -0.116. The van der Waals surface area contributed by atoms with Gasteiger partial charge in [-0.3, -0.25) is 9.59 Å². The maximum absolute atomic E-state index is 12.3. The molecule has 3 rings (SSSR count). The molecular formula is C22H19Cl2N3O3. The van der Waals surface area contributed by atoms with E-state index < -0.39 is 0 Å². The first kappa shape index (κ1) is 21.6. The van der Waals surface area contributed by atoms with Crippen LogP contribution in [0.3, 0.4) is 0 Å². The first-order valence-corrected chi connectivity index (χ1v) is 9.91. The van der Waals surface area contributed by atoms with Crippen LogP contribution in [0.2, 0.25) is 10.0 Å². The largest absolute Gasteiger partial charge is 0.435 e. The van der Waals surface area contributed by atoms with E-state index in [1.807, 2.05) is 19.1 Å². The molecule has 0 aliphatic rings. The van der Waals surface area contributed by atoms with Gasteiger partial charge in [-0.15, -0.1) is 0 Å². The van der Waals surface area contributed by atoms with Gasteiger partial charge in [-0.05, 0) is 36.8 Å². The van der Waals surface area contributed by atoms with Gasteiger partial charge in [0, 0.05) is 24.7 Å². The van der Waals surface area contributed by atoms with Crippen molar-refractivity contribution < 1.29 is 14.3 Å². The number of amides is 2. The lowest BCUT2D eigenvalue weighted by Gasteiger charge is -2.13. The fraction of sp³-hybridized carbons (Fsp3) is 0.136. The zero-order chi connectivity index (χ0) is 21.5. The molecule has 30 heavy (non-hydrogen) atoms. The highest BCUT2D eigenvalue weighted by Crippen LogP contribution is 2.33. The van der Waals surface area contributed by atoms with E-state index in [0.717, 1.165) is 5.56 Å². The molecule has 1 aromatic heterocycles. The Hall–Kier alpha value is -3.09. The number of hydrogen-bond acceptors (Lipinski definition) is 4. The van der Waals surface area contributed by atoms with E-state index in [4.69, 9.17) is 27.9 Å². The van der Waals surface area contributed by atoms with Gasteiger partial charge in [0.2, 0.25) is 11.8 Å². The molecule has 8 heteroatoms. The van der Waals surface area contributed by atoms with Crippen molar-refractivity contribution in [1.29, 1.82) is 0 Å². The molecule has 0 saturated heterocycles. The third-order valence-corrected chi connectivity index (χ3v) is 4.65. The summed E-state index contributed by atoms with van der Waals surface area (Å²) in [5.74, 6) is 0.0687. The van der Waals surface area contributed by atoms with Crippen molar-refractivity contribution in [3.63, 3.8) is 0 Å². The number of anilines is 1. The van der Waals surface area contributed by atoms with Crippen molar-refractivity contribution in [2.75, 3.05) is 11.9 Å².